The average Bonchev–Trinajstić information content (AvgIpc) is 3.58. The molecule has 0 spiro atoms. The number of benzene rings is 2. The van der Waals surface area contributed by atoms with Crippen molar-refractivity contribution in [3.05, 3.63) is 58.5 Å². The molecule has 228 valence electrons. The van der Waals surface area contributed by atoms with Crippen LogP contribution in [0.15, 0.2) is 41.5 Å². The van der Waals surface area contributed by atoms with Gasteiger partial charge in [0.25, 0.3) is 0 Å². The number of fused-ring (bicyclic) bond motifs is 2. The zero-order valence-electron chi connectivity index (χ0n) is 25.6. The molecule has 1 aliphatic rings. The second-order valence-electron chi connectivity index (χ2n) is 13.3. The van der Waals surface area contributed by atoms with Crippen LogP contribution >= 0.6 is 0 Å². The highest BCUT2D eigenvalue weighted by Gasteiger charge is 2.39. The molecule has 43 heavy (non-hydrogen) atoms. The van der Waals surface area contributed by atoms with Gasteiger partial charge in [0.1, 0.15) is 5.82 Å². The van der Waals surface area contributed by atoms with Gasteiger partial charge in [-0.25, -0.2) is 9.78 Å². The van der Waals surface area contributed by atoms with Crippen molar-refractivity contribution < 1.29 is 18.3 Å². The number of β-amino-alcohol motifs (C(OH)–C–C–N with tert-alkyl or cyclic N) is 1. The number of alkyl halides is 3. The smallest absolute Gasteiger partial charge is 0.386 e. The molecule has 5 aromatic rings. The van der Waals surface area contributed by atoms with Crippen LogP contribution in [0.25, 0.3) is 38.9 Å². The Morgan fingerprint density at radius 1 is 1.00 bits per heavy atom. The monoisotopic (exact) mass is 595 g/mol. The SMILES string of the molecule is CC(C)n1cc(-c2cc3nc(C(C)(C)C)n(-c4cc(N5CC(C)(O)C5)c5c(c4)n(C)c(=O)n5C)c3cc2C(F)(F)F)cn1. The Bertz CT molecular complexity index is 1960. The molecule has 1 fully saturated rings. The van der Waals surface area contributed by atoms with Crippen LogP contribution in [0.2, 0.25) is 0 Å². The molecule has 0 atom stereocenters. The van der Waals surface area contributed by atoms with Crippen LogP contribution in [0.4, 0.5) is 18.9 Å². The van der Waals surface area contributed by atoms with Crippen molar-refractivity contribution in [2.24, 2.45) is 14.1 Å². The molecule has 4 heterocycles. The van der Waals surface area contributed by atoms with Gasteiger partial charge in [-0.05, 0) is 50.6 Å². The topological polar surface area (TPSA) is 86.0 Å². The third-order valence-corrected chi connectivity index (χ3v) is 8.20. The van der Waals surface area contributed by atoms with Gasteiger partial charge in [0.05, 0.1) is 50.8 Å². The lowest BCUT2D eigenvalue weighted by Crippen LogP contribution is -2.60. The summed E-state index contributed by atoms with van der Waals surface area (Å²) in [7, 11) is 3.37. The first-order chi connectivity index (χ1) is 19.9. The summed E-state index contributed by atoms with van der Waals surface area (Å²) in [6.45, 7) is 12.2. The van der Waals surface area contributed by atoms with Crippen molar-refractivity contribution in [1.29, 1.82) is 0 Å². The number of nitrogens with zero attached hydrogens (tertiary/aromatic N) is 7. The van der Waals surface area contributed by atoms with Crippen LogP contribution in [0.1, 0.15) is 59.0 Å². The summed E-state index contributed by atoms with van der Waals surface area (Å²) in [5, 5.41) is 14.8. The van der Waals surface area contributed by atoms with E-state index < -0.39 is 22.8 Å². The van der Waals surface area contributed by atoms with E-state index in [9.17, 15) is 23.1 Å². The van der Waals surface area contributed by atoms with E-state index in [1.54, 1.807) is 41.0 Å². The van der Waals surface area contributed by atoms with Crippen LogP contribution < -0.4 is 10.6 Å². The van der Waals surface area contributed by atoms with E-state index >= 15 is 0 Å². The molecule has 1 aliphatic heterocycles. The number of imidazole rings is 2. The molecule has 0 bridgehead atoms. The molecule has 0 amide bonds. The van der Waals surface area contributed by atoms with Gasteiger partial charge >= 0.3 is 11.9 Å². The molecular weight excluding hydrogens is 559 g/mol. The van der Waals surface area contributed by atoms with Crippen LogP contribution in [0, 0.1) is 0 Å². The summed E-state index contributed by atoms with van der Waals surface area (Å²) in [5.41, 5.74) is 1.29. The van der Waals surface area contributed by atoms with Gasteiger partial charge in [0, 0.05) is 50.4 Å². The number of hydrogen-bond donors (Lipinski definition) is 1. The van der Waals surface area contributed by atoms with Gasteiger partial charge in [-0.1, -0.05) is 20.8 Å². The highest BCUT2D eigenvalue weighted by atomic mass is 19.4. The summed E-state index contributed by atoms with van der Waals surface area (Å²) >= 11 is 0. The normalized spacial score (nSPS) is 15.7. The summed E-state index contributed by atoms with van der Waals surface area (Å²) < 4.78 is 50.5. The molecule has 12 heteroatoms. The minimum absolute atomic E-state index is 0.00770. The molecule has 1 saturated heterocycles. The first kappa shape index (κ1) is 29.0. The van der Waals surface area contributed by atoms with Crippen molar-refractivity contribution in [1.82, 2.24) is 28.5 Å². The van der Waals surface area contributed by atoms with Crippen LogP contribution in [0.5, 0.6) is 0 Å². The molecule has 0 unspecified atom stereocenters. The largest absolute Gasteiger partial charge is 0.417 e. The molecule has 3 aromatic heterocycles. The zero-order chi connectivity index (χ0) is 31.4. The molecule has 0 radical (unpaired) electrons. The second kappa shape index (κ2) is 9.22. The number of rotatable bonds is 4. The van der Waals surface area contributed by atoms with Crippen molar-refractivity contribution in [2.45, 2.75) is 64.8 Å². The van der Waals surface area contributed by atoms with E-state index in [2.05, 4.69) is 5.10 Å². The molecule has 2 aromatic carbocycles. The van der Waals surface area contributed by atoms with E-state index in [0.29, 0.717) is 52.2 Å². The summed E-state index contributed by atoms with van der Waals surface area (Å²) in [6, 6.07) is 6.35. The lowest BCUT2D eigenvalue weighted by Gasteiger charge is -2.46. The first-order valence-corrected chi connectivity index (χ1v) is 14.2. The van der Waals surface area contributed by atoms with E-state index in [4.69, 9.17) is 4.98 Å². The van der Waals surface area contributed by atoms with Crippen LogP contribution in [0.3, 0.4) is 0 Å². The Hall–Kier alpha value is -4.06. The number of aryl methyl sites for hydroxylation is 2. The quantitative estimate of drug-likeness (QED) is 0.295. The molecule has 0 saturated carbocycles. The van der Waals surface area contributed by atoms with Crippen molar-refractivity contribution in [3.63, 3.8) is 0 Å². The van der Waals surface area contributed by atoms with Gasteiger partial charge in [-0.15, -0.1) is 0 Å². The van der Waals surface area contributed by atoms with Gasteiger partial charge in [-0.2, -0.15) is 18.3 Å². The fourth-order valence-electron chi connectivity index (χ4n) is 6.05. The highest BCUT2D eigenvalue weighted by Crippen LogP contribution is 2.42. The third kappa shape index (κ3) is 4.62. The summed E-state index contributed by atoms with van der Waals surface area (Å²) in [5.74, 6) is 0.576. The lowest BCUT2D eigenvalue weighted by molar-refractivity contribution is -0.137. The van der Waals surface area contributed by atoms with Crippen LogP contribution in [-0.2, 0) is 25.7 Å². The highest BCUT2D eigenvalue weighted by molar-refractivity contribution is 5.94. The second-order valence-corrected chi connectivity index (χ2v) is 13.3. The van der Waals surface area contributed by atoms with Gasteiger partial charge in [0.2, 0.25) is 0 Å². The summed E-state index contributed by atoms with van der Waals surface area (Å²) in [6.07, 6.45) is -1.56. The Kier molecular flexibility index (Phi) is 6.22. The van der Waals surface area contributed by atoms with Crippen molar-refractivity contribution in [2.75, 3.05) is 18.0 Å². The summed E-state index contributed by atoms with van der Waals surface area (Å²) in [4.78, 5) is 19.9. The predicted molar refractivity (Wildman–Crippen MR) is 161 cm³/mol. The minimum Gasteiger partial charge on any atom is -0.386 e. The minimum atomic E-state index is -4.64. The molecule has 1 N–H and O–H groups in total. The van der Waals surface area contributed by atoms with Crippen molar-refractivity contribution >= 4 is 27.8 Å². The van der Waals surface area contributed by atoms with Gasteiger partial charge in [0.15, 0.2) is 0 Å². The maximum absolute atomic E-state index is 14.7. The maximum atomic E-state index is 14.7. The van der Waals surface area contributed by atoms with E-state index in [1.165, 1.54) is 22.9 Å². The number of aromatic nitrogens is 6. The molecular formula is C31H36F3N7O2. The maximum Gasteiger partial charge on any atom is 0.417 e. The van der Waals surface area contributed by atoms with E-state index in [1.807, 2.05) is 51.7 Å². The Balaban J connectivity index is 1.68. The van der Waals surface area contributed by atoms with Crippen molar-refractivity contribution in [3.8, 4) is 16.8 Å². The first-order valence-electron chi connectivity index (χ1n) is 14.2. The fourth-order valence-corrected chi connectivity index (χ4v) is 6.05. The van der Waals surface area contributed by atoms with E-state index in [-0.39, 0.29) is 17.3 Å². The Morgan fingerprint density at radius 2 is 1.67 bits per heavy atom. The Labute approximate surface area is 246 Å². The average molecular weight is 596 g/mol. The van der Waals surface area contributed by atoms with E-state index in [0.717, 1.165) is 5.69 Å². The predicted octanol–water partition coefficient (Wildman–Crippen LogP) is 5.55. The lowest BCUT2D eigenvalue weighted by atomic mass is 9.94. The third-order valence-electron chi connectivity index (χ3n) is 8.20. The zero-order valence-corrected chi connectivity index (χ0v) is 25.6. The van der Waals surface area contributed by atoms with Gasteiger partial charge in [-0.3, -0.25) is 18.4 Å². The standard InChI is InChI=1S/C31H36F3N7O2/c1-17(2)40-14-18(13-35-40)20-11-22-23(12-21(20)31(32,33)34)41(27(36-22)29(3,4)5)19-9-24-26(38(8)28(42)37(24)7)25(10-19)39-15-30(6,43)16-39/h9-14,17,43H,15-16H2,1-8H3. The number of halogens is 3. The Morgan fingerprint density at radius 3 is 2.23 bits per heavy atom. The fraction of sp³-hybridized carbons (Fsp3) is 0.452. The molecule has 0 aliphatic carbocycles. The number of anilines is 1. The van der Waals surface area contributed by atoms with Gasteiger partial charge < -0.3 is 10.0 Å². The number of hydrogen-bond acceptors (Lipinski definition) is 5. The van der Waals surface area contributed by atoms with Crippen LogP contribution in [-0.4, -0.2) is 52.3 Å². The number of aliphatic hydroxyl groups is 1. The molecule has 9 nitrogen and oxygen atoms in total. The molecule has 6 rings (SSSR count).